The van der Waals surface area contributed by atoms with Crippen molar-refractivity contribution in [1.82, 2.24) is 0 Å². The minimum absolute atomic E-state index is 0.00157. The highest BCUT2D eigenvalue weighted by Crippen LogP contribution is 2.47. The van der Waals surface area contributed by atoms with Crippen LogP contribution in [0.1, 0.15) is 48.4 Å². The second-order valence-electron chi connectivity index (χ2n) is 9.87. The van der Waals surface area contributed by atoms with Crippen molar-refractivity contribution in [3.8, 4) is 17.2 Å². The largest absolute Gasteiger partial charge is 0.507 e. The van der Waals surface area contributed by atoms with Gasteiger partial charge in [-0.15, -0.1) is 11.3 Å². The van der Waals surface area contributed by atoms with Crippen molar-refractivity contribution in [1.29, 1.82) is 0 Å². The number of Topliss-reactive ketones (excluding diaryl/α,β-unsaturated/α-hetero) is 1. The molecule has 0 aliphatic carbocycles. The average molecular weight is 522 g/mol. The second kappa shape index (κ2) is 9.94. The van der Waals surface area contributed by atoms with Crippen molar-refractivity contribution >= 4 is 34.5 Å². The molecule has 1 aliphatic rings. The number of anilines is 1. The van der Waals surface area contributed by atoms with E-state index in [1.54, 1.807) is 24.3 Å². The number of ketones is 1. The van der Waals surface area contributed by atoms with Gasteiger partial charge in [-0.25, -0.2) is 0 Å². The minimum atomic E-state index is -0.847. The summed E-state index contributed by atoms with van der Waals surface area (Å²) in [5.41, 5.74) is 2.42. The van der Waals surface area contributed by atoms with Crippen molar-refractivity contribution < 1.29 is 28.9 Å². The molecule has 1 aromatic heterocycles. The van der Waals surface area contributed by atoms with Gasteiger partial charge in [-0.05, 0) is 47.0 Å². The Morgan fingerprint density at radius 1 is 0.946 bits per heavy atom. The SMILES string of the molecule is COc1cc(OC)cc(N2C(=O)C(=O)/C(=C(/O)c3cc(C(C)(C)C)ccc3OC)C2c2sccc2C)c1. The Kier molecular flexibility index (Phi) is 7.06. The van der Waals surface area contributed by atoms with Gasteiger partial charge in [0.1, 0.15) is 29.0 Å². The Morgan fingerprint density at radius 2 is 1.59 bits per heavy atom. The smallest absolute Gasteiger partial charge is 0.300 e. The number of carbonyl (C=O) groups is 2. The first kappa shape index (κ1) is 26.3. The molecule has 1 unspecified atom stereocenters. The van der Waals surface area contributed by atoms with E-state index in [0.717, 1.165) is 16.0 Å². The molecule has 1 N–H and O–H groups in total. The van der Waals surface area contributed by atoms with E-state index in [-0.39, 0.29) is 16.7 Å². The van der Waals surface area contributed by atoms with Crippen molar-refractivity contribution in [3.05, 3.63) is 75.0 Å². The number of benzene rings is 2. The number of nitrogens with zero attached hydrogens (tertiary/aromatic N) is 1. The fourth-order valence-electron chi connectivity index (χ4n) is 4.45. The molecule has 1 atom stereocenters. The van der Waals surface area contributed by atoms with E-state index in [9.17, 15) is 14.7 Å². The summed E-state index contributed by atoms with van der Waals surface area (Å²) >= 11 is 1.42. The summed E-state index contributed by atoms with van der Waals surface area (Å²) in [4.78, 5) is 29.3. The molecule has 2 heterocycles. The van der Waals surface area contributed by atoms with Crippen LogP contribution in [0.4, 0.5) is 5.69 Å². The molecule has 2 aromatic carbocycles. The molecule has 8 heteroatoms. The minimum Gasteiger partial charge on any atom is -0.507 e. The lowest BCUT2D eigenvalue weighted by atomic mass is 9.85. The maximum Gasteiger partial charge on any atom is 0.300 e. The number of methoxy groups -OCH3 is 3. The highest BCUT2D eigenvalue weighted by molar-refractivity contribution is 7.10. The van der Waals surface area contributed by atoms with Crippen LogP contribution in [0.2, 0.25) is 0 Å². The first-order valence-electron chi connectivity index (χ1n) is 11.8. The molecule has 0 saturated carbocycles. The molecule has 0 bridgehead atoms. The van der Waals surface area contributed by atoms with Gasteiger partial charge in [-0.3, -0.25) is 14.5 Å². The highest BCUT2D eigenvalue weighted by atomic mass is 32.1. The van der Waals surface area contributed by atoms with Gasteiger partial charge in [-0.2, -0.15) is 0 Å². The van der Waals surface area contributed by atoms with Gasteiger partial charge in [0.2, 0.25) is 0 Å². The van der Waals surface area contributed by atoms with Crippen LogP contribution in [-0.4, -0.2) is 38.1 Å². The quantitative estimate of drug-likeness (QED) is 0.243. The van der Waals surface area contributed by atoms with Crippen LogP contribution in [0, 0.1) is 6.92 Å². The number of ether oxygens (including phenoxy) is 3. The lowest BCUT2D eigenvalue weighted by Gasteiger charge is -2.26. The third-order valence-corrected chi connectivity index (χ3v) is 7.60. The third-order valence-electron chi connectivity index (χ3n) is 6.53. The lowest BCUT2D eigenvalue weighted by molar-refractivity contribution is -0.132. The summed E-state index contributed by atoms with van der Waals surface area (Å²) in [6, 6.07) is 11.6. The van der Waals surface area contributed by atoms with E-state index in [1.807, 2.05) is 30.5 Å². The summed E-state index contributed by atoms with van der Waals surface area (Å²) in [5, 5.41) is 13.6. The fraction of sp³-hybridized carbons (Fsp3) is 0.310. The number of thiophene rings is 1. The van der Waals surface area contributed by atoms with Crippen LogP contribution >= 0.6 is 11.3 Å². The summed E-state index contributed by atoms with van der Waals surface area (Å²) in [6.45, 7) is 8.09. The van der Waals surface area contributed by atoms with Gasteiger partial charge < -0.3 is 19.3 Å². The molecule has 1 saturated heterocycles. The third kappa shape index (κ3) is 4.69. The first-order chi connectivity index (χ1) is 17.5. The molecule has 4 rings (SSSR count). The molecule has 194 valence electrons. The van der Waals surface area contributed by atoms with Crippen LogP contribution in [0.5, 0.6) is 17.2 Å². The number of aliphatic hydroxyl groups excluding tert-OH is 1. The standard InChI is InChI=1S/C29H31NO6S/c1-16-10-11-37-27(16)24-23(25(31)21-12-17(29(2,3)4)8-9-22(21)36-7)26(32)28(33)30(24)18-13-19(34-5)15-20(14-18)35-6/h8-15,24,31H,1-7H3/b25-23+. The topological polar surface area (TPSA) is 85.3 Å². The van der Waals surface area contributed by atoms with Gasteiger partial charge in [0.25, 0.3) is 11.7 Å². The molecular formula is C29H31NO6S. The van der Waals surface area contributed by atoms with E-state index < -0.39 is 17.7 Å². The summed E-state index contributed by atoms with van der Waals surface area (Å²) in [5.74, 6) is -0.464. The number of aryl methyl sites for hydroxylation is 1. The molecular weight excluding hydrogens is 490 g/mol. The van der Waals surface area contributed by atoms with E-state index in [0.29, 0.717) is 28.5 Å². The number of carbonyl (C=O) groups excluding carboxylic acids is 2. The molecule has 1 fully saturated rings. The maximum absolute atomic E-state index is 13.6. The predicted molar refractivity (Wildman–Crippen MR) is 145 cm³/mol. The molecule has 0 radical (unpaired) electrons. The Bertz CT molecular complexity index is 1380. The lowest BCUT2D eigenvalue weighted by Crippen LogP contribution is -2.29. The molecule has 3 aromatic rings. The summed E-state index contributed by atoms with van der Waals surface area (Å²) < 4.78 is 16.4. The zero-order chi connectivity index (χ0) is 27.1. The van der Waals surface area contributed by atoms with E-state index in [2.05, 4.69) is 20.8 Å². The van der Waals surface area contributed by atoms with Crippen LogP contribution in [-0.2, 0) is 15.0 Å². The Balaban J connectivity index is 2.01. The van der Waals surface area contributed by atoms with Crippen LogP contribution in [0.25, 0.3) is 5.76 Å². The monoisotopic (exact) mass is 521 g/mol. The number of hydrogen-bond donors (Lipinski definition) is 1. The highest BCUT2D eigenvalue weighted by Gasteiger charge is 2.48. The van der Waals surface area contributed by atoms with Crippen molar-refractivity contribution in [2.24, 2.45) is 0 Å². The number of amides is 1. The van der Waals surface area contributed by atoms with Crippen molar-refractivity contribution in [2.45, 2.75) is 39.2 Å². The molecule has 1 aliphatic heterocycles. The van der Waals surface area contributed by atoms with Crippen LogP contribution in [0.3, 0.4) is 0 Å². The summed E-state index contributed by atoms with van der Waals surface area (Å²) in [7, 11) is 4.54. The normalized spacial score (nSPS) is 17.3. The van der Waals surface area contributed by atoms with Crippen molar-refractivity contribution in [3.63, 3.8) is 0 Å². The van der Waals surface area contributed by atoms with Crippen LogP contribution < -0.4 is 19.1 Å². The Labute approximate surface area is 220 Å². The van der Waals surface area contributed by atoms with E-state index >= 15 is 0 Å². The van der Waals surface area contributed by atoms with Crippen molar-refractivity contribution in [2.75, 3.05) is 26.2 Å². The molecule has 7 nitrogen and oxygen atoms in total. The van der Waals surface area contributed by atoms with Gasteiger partial charge in [0.05, 0.1) is 38.2 Å². The second-order valence-corrected chi connectivity index (χ2v) is 10.8. The fourth-order valence-corrected chi connectivity index (χ4v) is 5.47. The number of rotatable bonds is 6. The van der Waals surface area contributed by atoms with E-state index in [4.69, 9.17) is 14.2 Å². The Hall–Kier alpha value is -3.78. The predicted octanol–water partition coefficient (Wildman–Crippen LogP) is 6.01. The van der Waals surface area contributed by atoms with Gasteiger partial charge in [0, 0.05) is 23.1 Å². The van der Waals surface area contributed by atoms with Gasteiger partial charge in [-0.1, -0.05) is 26.8 Å². The van der Waals surface area contributed by atoms with Gasteiger partial charge >= 0.3 is 0 Å². The maximum atomic E-state index is 13.6. The zero-order valence-electron chi connectivity index (χ0n) is 22.0. The average Bonchev–Trinajstić information content (AvgIpc) is 3.41. The van der Waals surface area contributed by atoms with E-state index in [1.165, 1.54) is 37.6 Å². The van der Waals surface area contributed by atoms with Crippen LogP contribution in [0.15, 0.2) is 53.4 Å². The van der Waals surface area contributed by atoms with Gasteiger partial charge in [0.15, 0.2) is 0 Å². The molecule has 0 spiro atoms. The molecule has 1 amide bonds. The zero-order valence-corrected chi connectivity index (χ0v) is 22.9. The number of aliphatic hydroxyl groups is 1. The summed E-state index contributed by atoms with van der Waals surface area (Å²) in [6.07, 6.45) is 0. The number of hydrogen-bond acceptors (Lipinski definition) is 7. The first-order valence-corrected chi connectivity index (χ1v) is 12.7. The molecule has 37 heavy (non-hydrogen) atoms. The Morgan fingerprint density at radius 3 is 2.11 bits per heavy atom.